The Morgan fingerprint density at radius 1 is 0.406 bits per heavy atom. The standard InChI is InChI=1S/C46H80N2O8S8/c1-35(53-43(49)17-9-5-13-39-21-27-57-61-39)31-47(32-36(2)54-44(50)18-10-6-14-40-22-28-58-62-40)25-26-48(33-37(3)55-45(51)19-11-7-15-41-23-29-59-63-41)34-38(4)56-46(52)20-12-8-16-42-24-30-60-64-42/h35-42H,5-34H2,1-4H3. The quantitative estimate of drug-likeness (QED) is 0.0259. The van der Waals surface area contributed by atoms with Crippen LogP contribution in [0, 0.1) is 0 Å². The molecule has 0 aliphatic carbocycles. The van der Waals surface area contributed by atoms with E-state index in [1.807, 2.05) is 114 Å². The predicted molar refractivity (Wildman–Crippen MR) is 283 cm³/mol. The third kappa shape index (κ3) is 27.1. The first-order valence-corrected chi connectivity index (χ1v) is 33.9. The van der Waals surface area contributed by atoms with E-state index in [2.05, 4.69) is 9.80 Å². The van der Waals surface area contributed by atoms with Gasteiger partial charge in [-0.2, -0.15) is 0 Å². The Hall–Kier alpha value is 0.600. The maximum absolute atomic E-state index is 13.0. The monoisotopic (exact) mass is 1040 g/mol. The van der Waals surface area contributed by atoms with Gasteiger partial charge in [-0.15, -0.1) is 0 Å². The molecular formula is C46H80N2O8S8. The lowest BCUT2D eigenvalue weighted by atomic mass is 10.1. The van der Waals surface area contributed by atoms with Crippen molar-refractivity contribution in [2.24, 2.45) is 0 Å². The van der Waals surface area contributed by atoms with Crippen LogP contribution in [0.5, 0.6) is 0 Å². The molecule has 0 radical (unpaired) electrons. The van der Waals surface area contributed by atoms with Crippen LogP contribution in [-0.2, 0) is 38.1 Å². The lowest BCUT2D eigenvalue weighted by Crippen LogP contribution is -2.46. The molecule has 4 rings (SSSR count). The van der Waals surface area contributed by atoms with Gasteiger partial charge in [0.2, 0.25) is 0 Å². The van der Waals surface area contributed by atoms with Gasteiger partial charge in [-0.3, -0.25) is 29.0 Å². The van der Waals surface area contributed by atoms with Crippen LogP contribution in [0.2, 0.25) is 0 Å². The highest BCUT2D eigenvalue weighted by Crippen LogP contribution is 2.42. The number of carbonyl (C=O) groups is 4. The molecule has 8 unspecified atom stereocenters. The molecule has 18 heteroatoms. The highest BCUT2D eigenvalue weighted by Gasteiger charge is 2.25. The van der Waals surface area contributed by atoms with Gasteiger partial charge in [0, 0.05) is 109 Å². The molecule has 4 heterocycles. The first-order valence-electron chi connectivity index (χ1n) is 24.4. The molecule has 0 spiro atoms. The van der Waals surface area contributed by atoms with Crippen LogP contribution in [0.3, 0.4) is 0 Å². The smallest absolute Gasteiger partial charge is 0.306 e. The number of unbranched alkanes of at least 4 members (excludes halogenated alkanes) is 4. The van der Waals surface area contributed by atoms with Crippen molar-refractivity contribution < 1.29 is 38.1 Å². The minimum atomic E-state index is -0.353. The minimum Gasteiger partial charge on any atom is -0.461 e. The zero-order valence-corrected chi connectivity index (χ0v) is 45.8. The van der Waals surface area contributed by atoms with Crippen LogP contribution >= 0.6 is 86.4 Å². The number of hydrogen-bond donors (Lipinski definition) is 0. The van der Waals surface area contributed by atoms with Crippen molar-refractivity contribution in [2.45, 2.75) is 202 Å². The Balaban J connectivity index is 1.30. The van der Waals surface area contributed by atoms with Crippen molar-refractivity contribution in [3.63, 3.8) is 0 Å². The number of esters is 4. The van der Waals surface area contributed by atoms with Gasteiger partial charge >= 0.3 is 23.9 Å². The first-order chi connectivity index (χ1) is 31.0. The lowest BCUT2D eigenvalue weighted by molar-refractivity contribution is -0.153. The van der Waals surface area contributed by atoms with E-state index in [1.165, 1.54) is 48.7 Å². The van der Waals surface area contributed by atoms with E-state index in [0.717, 1.165) is 77.0 Å². The molecule has 0 bridgehead atoms. The van der Waals surface area contributed by atoms with Gasteiger partial charge in [-0.1, -0.05) is 112 Å². The summed E-state index contributed by atoms with van der Waals surface area (Å²) in [6.07, 6.45) is 17.3. The predicted octanol–water partition coefficient (Wildman–Crippen LogP) is 12.2. The maximum atomic E-state index is 13.0. The number of rotatable bonds is 35. The topological polar surface area (TPSA) is 112 Å². The largest absolute Gasteiger partial charge is 0.461 e. The Kier molecular flexibility index (Phi) is 31.1. The molecule has 370 valence electrons. The fourth-order valence-corrected chi connectivity index (χ4v) is 20.5. The van der Waals surface area contributed by atoms with Crippen LogP contribution in [0.15, 0.2) is 0 Å². The second-order valence-electron chi connectivity index (χ2n) is 18.0. The van der Waals surface area contributed by atoms with Crippen LogP contribution in [0.4, 0.5) is 0 Å². The normalized spacial score (nSPS) is 23.0. The van der Waals surface area contributed by atoms with Gasteiger partial charge in [0.05, 0.1) is 0 Å². The van der Waals surface area contributed by atoms with Gasteiger partial charge < -0.3 is 18.9 Å². The molecule has 0 aromatic carbocycles. The Labute approximate surface area is 418 Å². The van der Waals surface area contributed by atoms with Crippen molar-refractivity contribution in [1.82, 2.24) is 9.80 Å². The van der Waals surface area contributed by atoms with Gasteiger partial charge in [-0.25, -0.2) is 0 Å². The fraction of sp³-hybridized carbons (Fsp3) is 0.913. The summed E-state index contributed by atoms with van der Waals surface area (Å²) < 4.78 is 23.8. The van der Waals surface area contributed by atoms with E-state index < -0.39 is 0 Å². The summed E-state index contributed by atoms with van der Waals surface area (Å²) >= 11 is 0. The molecule has 0 amide bonds. The number of hydrogen-bond acceptors (Lipinski definition) is 18. The third-order valence-corrected chi connectivity index (χ3v) is 23.7. The van der Waals surface area contributed by atoms with Gasteiger partial charge in [0.1, 0.15) is 24.4 Å². The highest BCUT2D eigenvalue weighted by molar-refractivity contribution is 8.78. The zero-order valence-electron chi connectivity index (χ0n) is 39.3. The molecule has 0 aromatic rings. The van der Waals surface area contributed by atoms with Crippen molar-refractivity contribution in [2.75, 3.05) is 62.3 Å². The van der Waals surface area contributed by atoms with Crippen molar-refractivity contribution in [3.8, 4) is 0 Å². The maximum Gasteiger partial charge on any atom is 0.306 e. The number of carbonyl (C=O) groups excluding carboxylic acids is 4. The summed E-state index contributed by atoms with van der Waals surface area (Å²) in [7, 11) is 15.7. The number of nitrogens with zero attached hydrogens (tertiary/aromatic N) is 2. The molecule has 4 saturated heterocycles. The van der Waals surface area contributed by atoms with E-state index in [4.69, 9.17) is 18.9 Å². The average molecular weight is 1050 g/mol. The molecule has 8 atom stereocenters. The number of ether oxygens (including phenoxy) is 4. The third-order valence-electron chi connectivity index (χ3n) is 11.7. The molecule has 4 aliphatic rings. The van der Waals surface area contributed by atoms with Crippen LogP contribution in [0.1, 0.15) is 156 Å². The SMILES string of the molecule is CC(CN(CCN(CC(C)OC(=O)CCCCC1CCSS1)CC(C)OC(=O)CCCCC1CCSS1)CC(C)OC(=O)CCCCC1CCSS1)OC(=O)CCCCC1CCSS1. The van der Waals surface area contributed by atoms with Gasteiger partial charge in [0.15, 0.2) is 0 Å². The highest BCUT2D eigenvalue weighted by atomic mass is 33.1. The van der Waals surface area contributed by atoms with E-state index >= 15 is 0 Å². The van der Waals surface area contributed by atoms with E-state index in [9.17, 15) is 19.2 Å². The molecule has 64 heavy (non-hydrogen) atoms. The van der Waals surface area contributed by atoms with Crippen LogP contribution in [0.25, 0.3) is 0 Å². The molecule has 0 N–H and O–H groups in total. The van der Waals surface area contributed by atoms with E-state index in [-0.39, 0.29) is 48.3 Å². The second-order valence-corrected chi connectivity index (χ2v) is 29.2. The fourth-order valence-electron chi connectivity index (χ4n) is 8.36. The minimum absolute atomic E-state index is 0.171. The summed E-state index contributed by atoms with van der Waals surface area (Å²) in [5.41, 5.74) is 0. The van der Waals surface area contributed by atoms with E-state index in [0.29, 0.717) is 86.0 Å². The second kappa shape index (κ2) is 34.8. The average Bonchev–Trinajstić information content (AvgIpc) is 4.10. The van der Waals surface area contributed by atoms with Crippen molar-refractivity contribution in [1.29, 1.82) is 0 Å². The zero-order chi connectivity index (χ0) is 45.8. The molecule has 10 nitrogen and oxygen atoms in total. The van der Waals surface area contributed by atoms with Crippen molar-refractivity contribution in [3.05, 3.63) is 0 Å². The molecule has 0 aromatic heterocycles. The first kappa shape index (κ1) is 57.2. The Morgan fingerprint density at radius 2 is 0.641 bits per heavy atom. The summed E-state index contributed by atoms with van der Waals surface area (Å²) in [6, 6.07) is 0. The lowest BCUT2D eigenvalue weighted by Gasteiger charge is -2.33. The Bertz CT molecular complexity index is 1120. The van der Waals surface area contributed by atoms with Crippen LogP contribution < -0.4 is 0 Å². The molecule has 4 fully saturated rings. The van der Waals surface area contributed by atoms with Crippen molar-refractivity contribution >= 4 is 110 Å². The summed E-state index contributed by atoms with van der Waals surface area (Å²) in [5.74, 6) is 4.20. The van der Waals surface area contributed by atoms with Gasteiger partial charge in [-0.05, 0) is 105 Å². The van der Waals surface area contributed by atoms with Crippen LogP contribution in [-0.4, -0.2) is 141 Å². The molecular weight excluding hydrogens is 965 g/mol. The van der Waals surface area contributed by atoms with E-state index in [1.54, 1.807) is 0 Å². The molecule has 0 saturated carbocycles. The van der Waals surface area contributed by atoms with Gasteiger partial charge in [0.25, 0.3) is 0 Å². The summed E-state index contributed by atoms with van der Waals surface area (Å²) in [5, 5.41) is 2.81. The summed E-state index contributed by atoms with van der Waals surface area (Å²) in [6.45, 7) is 10.9. The summed E-state index contributed by atoms with van der Waals surface area (Å²) in [4.78, 5) is 56.3. The Morgan fingerprint density at radius 3 is 0.844 bits per heavy atom. The molecule has 4 aliphatic heterocycles.